The SMILES string of the molecule is CCCCN(C)C1=NC(Cc2ccccc2)C(=O)N1c1cccc(CC)c1. The summed E-state index contributed by atoms with van der Waals surface area (Å²) in [5, 5.41) is 0. The summed E-state index contributed by atoms with van der Waals surface area (Å²) in [6, 6.07) is 18.0. The lowest BCUT2D eigenvalue weighted by molar-refractivity contribution is -0.118. The van der Waals surface area contributed by atoms with Crippen LogP contribution in [-0.2, 0) is 17.6 Å². The van der Waals surface area contributed by atoms with E-state index in [1.807, 2.05) is 42.3 Å². The maximum absolute atomic E-state index is 13.3. The van der Waals surface area contributed by atoms with Gasteiger partial charge in [0.1, 0.15) is 6.04 Å². The van der Waals surface area contributed by atoms with E-state index in [9.17, 15) is 4.79 Å². The average molecular weight is 364 g/mol. The minimum absolute atomic E-state index is 0.0606. The smallest absolute Gasteiger partial charge is 0.259 e. The van der Waals surface area contributed by atoms with E-state index in [1.165, 1.54) is 5.56 Å². The summed E-state index contributed by atoms with van der Waals surface area (Å²) in [5.74, 6) is 0.827. The number of hydrogen-bond donors (Lipinski definition) is 0. The van der Waals surface area contributed by atoms with Crippen LogP contribution in [0, 0.1) is 0 Å². The molecule has 4 nitrogen and oxygen atoms in total. The number of hydrogen-bond acceptors (Lipinski definition) is 3. The Balaban J connectivity index is 1.91. The van der Waals surface area contributed by atoms with Crippen LogP contribution in [0.3, 0.4) is 0 Å². The van der Waals surface area contributed by atoms with Crippen LogP contribution in [0.25, 0.3) is 0 Å². The molecule has 3 rings (SSSR count). The molecule has 2 aromatic rings. The Bertz CT molecular complexity index is 800. The number of benzene rings is 2. The van der Waals surface area contributed by atoms with Gasteiger partial charge in [0, 0.05) is 20.0 Å². The van der Waals surface area contributed by atoms with Crippen molar-refractivity contribution >= 4 is 17.6 Å². The molecule has 1 unspecified atom stereocenters. The summed E-state index contributed by atoms with van der Waals surface area (Å²) in [6.07, 6.45) is 3.77. The van der Waals surface area contributed by atoms with Crippen molar-refractivity contribution in [3.63, 3.8) is 0 Å². The zero-order valence-corrected chi connectivity index (χ0v) is 16.6. The molecule has 1 atom stereocenters. The van der Waals surface area contributed by atoms with E-state index in [0.29, 0.717) is 6.42 Å². The molecule has 0 fully saturated rings. The third kappa shape index (κ3) is 4.38. The van der Waals surface area contributed by atoms with Gasteiger partial charge < -0.3 is 4.90 Å². The summed E-state index contributed by atoms with van der Waals surface area (Å²) in [6.45, 7) is 5.20. The molecule has 1 aliphatic rings. The maximum atomic E-state index is 13.3. The molecule has 4 heteroatoms. The first-order valence-corrected chi connectivity index (χ1v) is 9.89. The zero-order valence-electron chi connectivity index (χ0n) is 16.6. The molecule has 0 saturated heterocycles. The van der Waals surface area contributed by atoms with Gasteiger partial charge in [-0.05, 0) is 36.1 Å². The Kier molecular flexibility index (Phi) is 6.28. The van der Waals surface area contributed by atoms with Gasteiger partial charge >= 0.3 is 0 Å². The molecule has 142 valence electrons. The number of aryl methyl sites for hydroxylation is 1. The quantitative estimate of drug-likeness (QED) is 0.735. The normalized spacial score (nSPS) is 16.6. The van der Waals surface area contributed by atoms with Crippen molar-refractivity contribution in [1.82, 2.24) is 4.90 Å². The molecule has 1 aliphatic heterocycles. The maximum Gasteiger partial charge on any atom is 0.259 e. The second-order valence-corrected chi connectivity index (χ2v) is 7.11. The lowest BCUT2D eigenvalue weighted by Crippen LogP contribution is -2.43. The van der Waals surface area contributed by atoms with E-state index in [1.54, 1.807) is 0 Å². The number of rotatable bonds is 7. The first kappa shape index (κ1) is 19.2. The van der Waals surface area contributed by atoms with E-state index in [2.05, 4.69) is 43.0 Å². The third-order valence-electron chi connectivity index (χ3n) is 5.01. The fraction of sp³-hybridized carbons (Fsp3) is 0.391. The molecule has 0 bridgehead atoms. The Morgan fingerprint density at radius 1 is 1.04 bits per heavy atom. The number of aliphatic imine (C=N–C) groups is 1. The number of amides is 1. The topological polar surface area (TPSA) is 35.9 Å². The van der Waals surface area contributed by atoms with Crippen LogP contribution >= 0.6 is 0 Å². The highest BCUT2D eigenvalue weighted by Crippen LogP contribution is 2.26. The molecule has 1 amide bonds. The molecule has 0 aliphatic carbocycles. The van der Waals surface area contributed by atoms with Gasteiger partial charge in [-0.1, -0.05) is 62.7 Å². The van der Waals surface area contributed by atoms with Crippen LogP contribution < -0.4 is 4.90 Å². The molecule has 0 radical (unpaired) electrons. The van der Waals surface area contributed by atoms with Crippen molar-refractivity contribution in [3.05, 3.63) is 65.7 Å². The third-order valence-corrected chi connectivity index (χ3v) is 5.01. The molecule has 0 aromatic heterocycles. The van der Waals surface area contributed by atoms with Crippen LogP contribution in [0.4, 0.5) is 5.69 Å². The highest BCUT2D eigenvalue weighted by atomic mass is 16.2. The molecule has 1 heterocycles. The summed E-state index contributed by atoms with van der Waals surface area (Å²) in [7, 11) is 2.03. The van der Waals surface area contributed by atoms with Crippen molar-refractivity contribution in [1.29, 1.82) is 0 Å². The number of nitrogens with zero attached hydrogens (tertiary/aromatic N) is 3. The predicted molar refractivity (Wildman–Crippen MR) is 112 cm³/mol. The Morgan fingerprint density at radius 3 is 2.48 bits per heavy atom. The van der Waals surface area contributed by atoms with E-state index >= 15 is 0 Å². The van der Waals surface area contributed by atoms with Crippen molar-refractivity contribution < 1.29 is 4.79 Å². The van der Waals surface area contributed by atoms with Gasteiger partial charge in [-0.2, -0.15) is 0 Å². The monoisotopic (exact) mass is 363 g/mol. The van der Waals surface area contributed by atoms with Gasteiger partial charge in [0.05, 0.1) is 5.69 Å². The Hall–Kier alpha value is -2.62. The Morgan fingerprint density at radius 2 is 1.78 bits per heavy atom. The number of carbonyl (C=O) groups is 1. The van der Waals surface area contributed by atoms with E-state index < -0.39 is 0 Å². The molecule has 2 aromatic carbocycles. The van der Waals surface area contributed by atoms with E-state index in [0.717, 1.165) is 43.0 Å². The number of anilines is 1. The first-order chi connectivity index (χ1) is 13.1. The van der Waals surface area contributed by atoms with Gasteiger partial charge in [0.2, 0.25) is 5.96 Å². The van der Waals surface area contributed by atoms with Crippen LogP contribution in [0.15, 0.2) is 59.6 Å². The van der Waals surface area contributed by atoms with Crippen LogP contribution in [0.2, 0.25) is 0 Å². The van der Waals surface area contributed by atoms with Crippen LogP contribution in [0.1, 0.15) is 37.8 Å². The number of carbonyl (C=O) groups excluding carboxylic acids is 1. The molecule has 27 heavy (non-hydrogen) atoms. The first-order valence-electron chi connectivity index (χ1n) is 9.89. The standard InChI is InChI=1S/C23H29N3O/c1-4-6-15-25(3)23-24-21(17-19-11-8-7-9-12-19)22(27)26(23)20-14-10-13-18(5-2)16-20/h7-14,16,21H,4-6,15,17H2,1-3H3. The lowest BCUT2D eigenvalue weighted by atomic mass is 10.1. The van der Waals surface area contributed by atoms with Gasteiger partial charge in [0.25, 0.3) is 5.91 Å². The molecular weight excluding hydrogens is 334 g/mol. The second-order valence-electron chi connectivity index (χ2n) is 7.11. The number of unbranched alkanes of at least 4 members (excludes halogenated alkanes) is 1. The summed E-state index contributed by atoms with van der Waals surface area (Å²) < 4.78 is 0. The highest BCUT2D eigenvalue weighted by molar-refractivity contribution is 6.22. The van der Waals surface area contributed by atoms with Gasteiger partial charge in [-0.25, -0.2) is 9.89 Å². The molecule has 0 spiro atoms. The van der Waals surface area contributed by atoms with Crippen molar-refractivity contribution in [2.24, 2.45) is 4.99 Å². The van der Waals surface area contributed by atoms with Crippen molar-refractivity contribution in [2.75, 3.05) is 18.5 Å². The van der Waals surface area contributed by atoms with Crippen molar-refractivity contribution in [3.8, 4) is 0 Å². The fourth-order valence-electron chi connectivity index (χ4n) is 3.39. The average Bonchev–Trinajstić information content (AvgIpc) is 3.03. The summed E-state index contributed by atoms with van der Waals surface area (Å²) in [4.78, 5) is 22.1. The van der Waals surface area contributed by atoms with Crippen LogP contribution in [-0.4, -0.2) is 36.4 Å². The lowest BCUT2D eigenvalue weighted by Gasteiger charge is -2.27. The second kappa shape index (κ2) is 8.85. The van der Waals surface area contributed by atoms with E-state index in [4.69, 9.17) is 4.99 Å². The number of guanidine groups is 1. The van der Waals surface area contributed by atoms with Gasteiger partial charge in [-0.3, -0.25) is 4.79 Å². The van der Waals surface area contributed by atoms with Gasteiger partial charge in [0.15, 0.2) is 0 Å². The largest absolute Gasteiger partial charge is 0.345 e. The predicted octanol–water partition coefficient (Wildman–Crippen LogP) is 4.29. The Labute approximate surface area is 162 Å². The molecule has 0 saturated carbocycles. The van der Waals surface area contributed by atoms with E-state index in [-0.39, 0.29) is 11.9 Å². The minimum atomic E-state index is -0.364. The minimum Gasteiger partial charge on any atom is -0.345 e. The molecular formula is C23H29N3O. The molecule has 0 N–H and O–H groups in total. The van der Waals surface area contributed by atoms with Gasteiger partial charge in [-0.15, -0.1) is 0 Å². The summed E-state index contributed by atoms with van der Waals surface area (Å²) in [5.41, 5.74) is 3.28. The van der Waals surface area contributed by atoms with Crippen molar-refractivity contribution in [2.45, 2.75) is 45.6 Å². The fourth-order valence-corrected chi connectivity index (χ4v) is 3.39. The van der Waals surface area contributed by atoms with Crippen LogP contribution in [0.5, 0.6) is 0 Å². The zero-order chi connectivity index (χ0) is 19.2. The highest BCUT2D eigenvalue weighted by Gasteiger charge is 2.37. The summed E-state index contributed by atoms with van der Waals surface area (Å²) >= 11 is 0.